The molecule has 110 valence electrons. The minimum Gasteiger partial charge on any atom is -0.373 e. The lowest BCUT2D eigenvalue weighted by molar-refractivity contribution is 0.0590. The minimum atomic E-state index is -0.0875. The molecule has 2 rings (SSSR count). The van der Waals surface area contributed by atoms with Gasteiger partial charge in [0, 0.05) is 39.3 Å². The quantitative estimate of drug-likeness (QED) is 0.926. The highest BCUT2D eigenvalue weighted by Crippen LogP contribution is 2.19. The molecule has 0 saturated carbocycles. The molecule has 0 atom stereocenters. The van der Waals surface area contributed by atoms with Crippen LogP contribution in [0.25, 0.3) is 0 Å². The van der Waals surface area contributed by atoms with Gasteiger partial charge in [0.25, 0.3) is 5.91 Å². The third kappa shape index (κ3) is 3.22. The molecule has 0 spiro atoms. The third-order valence-electron chi connectivity index (χ3n) is 3.64. The van der Waals surface area contributed by atoms with Gasteiger partial charge < -0.3 is 10.2 Å². The lowest BCUT2D eigenvalue weighted by Gasteiger charge is -2.36. The fourth-order valence-corrected chi connectivity index (χ4v) is 2.51. The van der Waals surface area contributed by atoms with E-state index in [1.54, 1.807) is 19.2 Å². The number of rotatable bonds is 3. The molecule has 1 aliphatic rings. The van der Waals surface area contributed by atoms with Crippen molar-refractivity contribution in [3.8, 4) is 0 Å². The number of anilines is 1. The molecule has 0 aliphatic carbocycles. The number of nitrogens with one attached hydrogen (secondary N) is 1. The van der Waals surface area contributed by atoms with Crippen molar-refractivity contribution in [2.24, 2.45) is 0 Å². The molecule has 1 amide bonds. The molecule has 1 N–H and O–H groups in total. The van der Waals surface area contributed by atoms with Crippen molar-refractivity contribution in [2.75, 3.05) is 38.5 Å². The lowest BCUT2D eigenvalue weighted by atomic mass is 10.2. The zero-order valence-electron chi connectivity index (χ0n) is 12.2. The second-order valence-electron chi connectivity index (χ2n) is 5.20. The van der Waals surface area contributed by atoms with Crippen LogP contribution in [0.15, 0.2) is 12.1 Å². The number of hydrogen-bond donors (Lipinski definition) is 1. The van der Waals surface area contributed by atoms with Crippen molar-refractivity contribution in [2.45, 2.75) is 19.9 Å². The Morgan fingerprint density at radius 2 is 1.95 bits per heavy atom. The molecule has 0 aromatic carbocycles. The second kappa shape index (κ2) is 6.41. The van der Waals surface area contributed by atoms with Crippen molar-refractivity contribution in [3.63, 3.8) is 0 Å². The molecule has 0 unspecified atom stereocenters. The maximum absolute atomic E-state index is 12.5. The molecular formula is C14H21ClN4O. The molecular weight excluding hydrogens is 276 g/mol. The summed E-state index contributed by atoms with van der Waals surface area (Å²) in [6.07, 6.45) is 0. The van der Waals surface area contributed by atoms with Crippen LogP contribution in [-0.4, -0.2) is 60.0 Å². The van der Waals surface area contributed by atoms with Crippen LogP contribution in [0.5, 0.6) is 0 Å². The molecule has 1 saturated heterocycles. The Morgan fingerprint density at radius 3 is 2.50 bits per heavy atom. The van der Waals surface area contributed by atoms with E-state index in [1.165, 1.54) is 0 Å². The maximum Gasteiger partial charge on any atom is 0.274 e. The van der Waals surface area contributed by atoms with Crippen LogP contribution >= 0.6 is 11.6 Å². The van der Waals surface area contributed by atoms with Gasteiger partial charge in [0.05, 0.1) is 5.02 Å². The molecule has 1 fully saturated rings. The molecule has 1 aliphatic heterocycles. The van der Waals surface area contributed by atoms with Gasteiger partial charge in [-0.2, -0.15) is 0 Å². The second-order valence-corrected chi connectivity index (χ2v) is 5.61. The summed E-state index contributed by atoms with van der Waals surface area (Å²) >= 11 is 6.10. The normalized spacial score (nSPS) is 16.6. The monoisotopic (exact) mass is 296 g/mol. The van der Waals surface area contributed by atoms with E-state index in [-0.39, 0.29) is 5.91 Å². The summed E-state index contributed by atoms with van der Waals surface area (Å²) in [7, 11) is 1.77. The number of pyridine rings is 1. The molecule has 6 heteroatoms. The molecule has 0 bridgehead atoms. The van der Waals surface area contributed by atoms with Crippen LogP contribution in [0.1, 0.15) is 24.3 Å². The fourth-order valence-electron chi connectivity index (χ4n) is 2.32. The van der Waals surface area contributed by atoms with Gasteiger partial charge in [0.1, 0.15) is 11.5 Å². The van der Waals surface area contributed by atoms with Gasteiger partial charge in [0.15, 0.2) is 0 Å². The van der Waals surface area contributed by atoms with Gasteiger partial charge in [-0.25, -0.2) is 4.98 Å². The summed E-state index contributed by atoms with van der Waals surface area (Å²) < 4.78 is 0. The maximum atomic E-state index is 12.5. The number of amides is 1. The van der Waals surface area contributed by atoms with E-state index < -0.39 is 0 Å². The average molecular weight is 297 g/mol. The van der Waals surface area contributed by atoms with Gasteiger partial charge in [0.2, 0.25) is 0 Å². The largest absolute Gasteiger partial charge is 0.373 e. The van der Waals surface area contributed by atoms with Gasteiger partial charge >= 0.3 is 0 Å². The van der Waals surface area contributed by atoms with Crippen molar-refractivity contribution in [1.29, 1.82) is 0 Å². The van der Waals surface area contributed by atoms with Gasteiger partial charge in [-0.05, 0) is 26.0 Å². The van der Waals surface area contributed by atoms with Crippen molar-refractivity contribution < 1.29 is 4.79 Å². The van der Waals surface area contributed by atoms with E-state index in [0.29, 0.717) is 22.6 Å². The Morgan fingerprint density at radius 1 is 1.30 bits per heavy atom. The fraction of sp³-hybridized carbons (Fsp3) is 0.571. The Bertz CT molecular complexity index is 484. The smallest absolute Gasteiger partial charge is 0.274 e. The first kappa shape index (κ1) is 15.1. The first-order chi connectivity index (χ1) is 9.52. The Hall–Kier alpha value is -1.33. The van der Waals surface area contributed by atoms with Crippen molar-refractivity contribution >= 4 is 23.3 Å². The summed E-state index contributed by atoms with van der Waals surface area (Å²) in [6.45, 7) is 7.58. The minimum absolute atomic E-state index is 0.0875. The van der Waals surface area contributed by atoms with Crippen LogP contribution in [0.3, 0.4) is 0 Å². The molecule has 0 radical (unpaired) electrons. The number of piperazine rings is 1. The number of halogens is 1. The standard InChI is InChI=1S/C14H21ClN4O/c1-10(2)18-6-8-19(9-7-18)14(20)13-11(15)4-5-12(16-3)17-13/h4-5,10H,6-9H2,1-3H3,(H,16,17). The first-order valence-electron chi connectivity index (χ1n) is 6.90. The Kier molecular flexibility index (Phi) is 4.83. The van der Waals surface area contributed by atoms with Crippen LogP contribution in [0, 0.1) is 0 Å². The first-order valence-corrected chi connectivity index (χ1v) is 7.28. The van der Waals surface area contributed by atoms with Crippen molar-refractivity contribution in [1.82, 2.24) is 14.8 Å². The molecule has 2 heterocycles. The summed E-state index contributed by atoms with van der Waals surface area (Å²) in [5.41, 5.74) is 0.330. The molecule has 20 heavy (non-hydrogen) atoms. The van der Waals surface area contributed by atoms with E-state index in [0.717, 1.165) is 26.2 Å². The third-order valence-corrected chi connectivity index (χ3v) is 3.94. The summed E-state index contributed by atoms with van der Waals surface area (Å²) in [5, 5.41) is 3.33. The number of aromatic nitrogens is 1. The van der Waals surface area contributed by atoms with E-state index in [2.05, 4.69) is 29.0 Å². The number of carbonyl (C=O) groups excluding carboxylic acids is 1. The summed E-state index contributed by atoms with van der Waals surface area (Å²) in [5.74, 6) is 0.564. The van der Waals surface area contributed by atoms with E-state index in [9.17, 15) is 4.79 Å². The topological polar surface area (TPSA) is 48.5 Å². The predicted octanol–water partition coefficient (Wildman–Crippen LogP) is 1.94. The predicted molar refractivity (Wildman–Crippen MR) is 81.4 cm³/mol. The highest BCUT2D eigenvalue weighted by molar-refractivity contribution is 6.33. The SMILES string of the molecule is CNc1ccc(Cl)c(C(=O)N2CCN(C(C)C)CC2)n1. The number of hydrogen-bond acceptors (Lipinski definition) is 4. The summed E-state index contributed by atoms with van der Waals surface area (Å²) in [4.78, 5) is 21.0. The zero-order valence-corrected chi connectivity index (χ0v) is 12.9. The van der Waals surface area contributed by atoms with E-state index in [1.807, 2.05) is 4.90 Å². The van der Waals surface area contributed by atoms with Crippen LogP contribution in [-0.2, 0) is 0 Å². The van der Waals surface area contributed by atoms with Gasteiger partial charge in [-0.15, -0.1) is 0 Å². The Labute approximate surface area is 124 Å². The van der Waals surface area contributed by atoms with E-state index >= 15 is 0 Å². The Balaban J connectivity index is 2.09. The van der Waals surface area contributed by atoms with E-state index in [4.69, 9.17) is 11.6 Å². The van der Waals surface area contributed by atoms with Crippen molar-refractivity contribution in [3.05, 3.63) is 22.8 Å². The van der Waals surface area contributed by atoms with Crippen LogP contribution in [0.4, 0.5) is 5.82 Å². The highest BCUT2D eigenvalue weighted by atomic mass is 35.5. The molecule has 5 nitrogen and oxygen atoms in total. The van der Waals surface area contributed by atoms with Crippen LogP contribution in [0.2, 0.25) is 5.02 Å². The highest BCUT2D eigenvalue weighted by Gasteiger charge is 2.25. The van der Waals surface area contributed by atoms with Crippen LogP contribution < -0.4 is 5.32 Å². The zero-order chi connectivity index (χ0) is 14.7. The van der Waals surface area contributed by atoms with Gasteiger partial charge in [-0.3, -0.25) is 9.69 Å². The lowest BCUT2D eigenvalue weighted by Crippen LogP contribution is -2.50. The number of nitrogens with zero attached hydrogens (tertiary/aromatic N) is 3. The molecule has 1 aromatic heterocycles. The van der Waals surface area contributed by atoms with Gasteiger partial charge in [-0.1, -0.05) is 11.6 Å². The summed E-state index contributed by atoms with van der Waals surface area (Å²) in [6, 6.07) is 3.98. The molecule has 1 aromatic rings. The number of carbonyl (C=O) groups is 1. The average Bonchev–Trinajstić information content (AvgIpc) is 2.47.